The summed E-state index contributed by atoms with van der Waals surface area (Å²) in [5.41, 5.74) is 3.56. The molecule has 0 unspecified atom stereocenters. The van der Waals surface area contributed by atoms with Crippen molar-refractivity contribution in [2.24, 2.45) is 0 Å². The third-order valence-corrected chi connectivity index (χ3v) is 4.20. The van der Waals surface area contributed by atoms with Crippen LogP contribution in [-0.2, 0) is 25.5 Å². The van der Waals surface area contributed by atoms with Gasteiger partial charge >= 0.3 is 0 Å². The monoisotopic (exact) mass is 459 g/mol. The molecule has 0 aliphatic carbocycles. The number of thiophene rings is 1. The molecule has 1 aromatic carbocycles. The zero-order valence-electron chi connectivity index (χ0n) is 11.7. The maximum Gasteiger partial charge on any atom is 0.0286 e. The normalized spacial score (nSPS) is 11.3. The molecule has 0 saturated heterocycles. The van der Waals surface area contributed by atoms with Crippen molar-refractivity contribution in [3.63, 3.8) is 0 Å². The van der Waals surface area contributed by atoms with Gasteiger partial charge in [0.1, 0.15) is 0 Å². The summed E-state index contributed by atoms with van der Waals surface area (Å²) in [5, 5.41) is 3.33. The van der Waals surface area contributed by atoms with Crippen molar-refractivity contribution in [1.29, 1.82) is 0 Å². The zero-order chi connectivity index (χ0) is 13.5. The fraction of sp³-hybridized carbons (Fsp3) is 0.235. The molecule has 20 heavy (non-hydrogen) atoms. The molecule has 1 radical (unpaired) electrons. The molecule has 1 nitrogen and oxygen atoms in total. The van der Waals surface area contributed by atoms with Gasteiger partial charge in [0.25, 0.3) is 0 Å². The van der Waals surface area contributed by atoms with Gasteiger partial charge in [-0.15, -0.1) is 46.7 Å². The predicted octanol–water partition coefficient (Wildman–Crippen LogP) is 5.06. The minimum absolute atomic E-state index is 0. The van der Waals surface area contributed by atoms with Crippen LogP contribution in [0.1, 0.15) is 26.3 Å². The second kappa shape index (κ2) is 5.77. The molecule has 3 rings (SSSR count). The smallest absolute Gasteiger partial charge is 0.0286 e. The SMILES string of the molecule is CC(C)(C)c1c[c-]c(-c2nccc3sccc23)cc1.[Ir]. The van der Waals surface area contributed by atoms with Crippen LogP contribution in [0.5, 0.6) is 0 Å². The quantitative estimate of drug-likeness (QED) is 0.465. The molecule has 3 aromatic rings. The van der Waals surface area contributed by atoms with Crippen LogP contribution in [0.25, 0.3) is 21.3 Å². The van der Waals surface area contributed by atoms with Crippen LogP contribution in [0.4, 0.5) is 0 Å². The topological polar surface area (TPSA) is 12.9 Å². The van der Waals surface area contributed by atoms with E-state index in [4.69, 9.17) is 0 Å². The average Bonchev–Trinajstić information content (AvgIpc) is 2.86. The number of hydrogen-bond donors (Lipinski definition) is 0. The van der Waals surface area contributed by atoms with Crippen molar-refractivity contribution in [1.82, 2.24) is 4.98 Å². The van der Waals surface area contributed by atoms with E-state index < -0.39 is 0 Å². The Balaban J connectivity index is 0.00000147. The fourth-order valence-electron chi connectivity index (χ4n) is 2.15. The van der Waals surface area contributed by atoms with E-state index in [0.717, 1.165) is 11.3 Å². The van der Waals surface area contributed by atoms with Gasteiger partial charge in [-0.25, -0.2) is 0 Å². The number of benzene rings is 1. The van der Waals surface area contributed by atoms with Gasteiger partial charge in [0.05, 0.1) is 0 Å². The Kier molecular flexibility index (Phi) is 4.43. The second-order valence-corrected chi connectivity index (χ2v) is 6.68. The van der Waals surface area contributed by atoms with Gasteiger partial charge in [-0.2, -0.15) is 0 Å². The second-order valence-electron chi connectivity index (χ2n) is 5.73. The maximum absolute atomic E-state index is 4.52. The molecule has 0 spiro atoms. The molecule has 0 bridgehead atoms. The molecule has 0 amide bonds. The van der Waals surface area contributed by atoms with E-state index in [0.29, 0.717) is 0 Å². The van der Waals surface area contributed by atoms with Crippen LogP contribution in [-0.4, -0.2) is 4.98 Å². The van der Waals surface area contributed by atoms with Crippen molar-refractivity contribution in [3.05, 3.63) is 53.5 Å². The van der Waals surface area contributed by atoms with Gasteiger partial charge in [0.2, 0.25) is 0 Å². The Morgan fingerprint density at radius 1 is 1.10 bits per heavy atom. The largest absolute Gasteiger partial charge is 0.304 e. The zero-order valence-corrected chi connectivity index (χ0v) is 14.9. The molecule has 105 valence electrons. The van der Waals surface area contributed by atoms with Crippen molar-refractivity contribution < 1.29 is 20.1 Å². The third-order valence-electron chi connectivity index (χ3n) is 3.31. The van der Waals surface area contributed by atoms with Crippen LogP contribution in [0.15, 0.2) is 41.9 Å². The number of hydrogen-bond acceptors (Lipinski definition) is 2. The maximum atomic E-state index is 4.52. The summed E-state index contributed by atoms with van der Waals surface area (Å²) >= 11 is 1.75. The summed E-state index contributed by atoms with van der Waals surface area (Å²) in [6.07, 6.45) is 1.87. The fourth-order valence-corrected chi connectivity index (χ4v) is 2.93. The minimum atomic E-state index is 0. The van der Waals surface area contributed by atoms with E-state index in [9.17, 15) is 0 Å². The van der Waals surface area contributed by atoms with E-state index in [1.165, 1.54) is 15.6 Å². The number of rotatable bonds is 1. The summed E-state index contributed by atoms with van der Waals surface area (Å²) < 4.78 is 1.28. The first-order valence-corrected chi connectivity index (χ1v) is 7.28. The Labute approximate surface area is 137 Å². The molecule has 0 aliphatic heterocycles. The molecular weight excluding hydrogens is 442 g/mol. The summed E-state index contributed by atoms with van der Waals surface area (Å²) in [5.74, 6) is 0. The van der Waals surface area contributed by atoms with Crippen LogP contribution >= 0.6 is 11.3 Å². The number of fused-ring (bicyclic) bond motifs is 1. The minimum Gasteiger partial charge on any atom is -0.304 e. The van der Waals surface area contributed by atoms with E-state index in [1.807, 2.05) is 6.20 Å². The number of nitrogens with zero attached hydrogens (tertiary/aromatic N) is 1. The summed E-state index contributed by atoms with van der Waals surface area (Å²) in [4.78, 5) is 4.52. The van der Waals surface area contributed by atoms with Crippen molar-refractivity contribution >= 4 is 21.4 Å². The van der Waals surface area contributed by atoms with Gasteiger partial charge in [-0.05, 0) is 27.9 Å². The van der Waals surface area contributed by atoms with Crippen LogP contribution < -0.4 is 0 Å². The summed E-state index contributed by atoms with van der Waals surface area (Å²) in [7, 11) is 0. The Hall–Kier alpha value is -1.02. The van der Waals surface area contributed by atoms with Crippen molar-refractivity contribution in [2.75, 3.05) is 0 Å². The van der Waals surface area contributed by atoms with Gasteiger partial charge in [-0.1, -0.05) is 26.8 Å². The van der Waals surface area contributed by atoms with Gasteiger partial charge in [-0.3, -0.25) is 0 Å². The number of aromatic nitrogens is 1. The third kappa shape index (κ3) is 2.85. The molecule has 0 aliphatic rings. The van der Waals surface area contributed by atoms with Gasteiger partial charge in [0.15, 0.2) is 0 Å². The molecule has 2 heterocycles. The molecule has 0 fully saturated rings. The van der Waals surface area contributed by atoms with Crippen LogP contribution in [0.3, 0.4) is 0 Å². The van der Waals surface area contributed by atoms with Gasteiger partial charge < -0.3 is 4.98 Å². The van der Waals surface area contributed by atoms with Crippen LogP contribution in [0, 0.1) is 6.07 Å². The van der Waals surface area contributed by atoms with Crippen molar-refractivity contribution in [3.8, 4) is 11.3 Å². The average molecular weight is 459 g/mol. The number of pyridine rings is 1. The first-order valence-electron chi connectivity index (χ1n) is 6.40. The summed E-state index contributed by atoms with van der Waals surface area (Å²) in [6.45, 7) is 6.65. The van der Waals surface area contributed by atoms with E-state index >= 15 is 0 Å². The molecule has 0 N–H and O–H groups in total. The predicted molar refractivity (Wildman–Crippen MR) is 82.6 cm³/mol. The first kappa shape index (κ1) is 15.4. The molecule has 3 heteroatoms. The first-order chi connectivity index (χ1) is 9.05. The van der Waals surface area contributed by atoms with E-state index in [2.05, 4.69) is 67.5 Å². The molecule has 0 atom stereocenters. The van der Waals surface area contributed by atoms with Crippen LogP contribution in [0.2, 0.25) is 0 Å². The molecule has 2 aromatic heterocycles. The standard InChI is InChI=1S/C17H16NS.Ir/c1-17(2,3)13-6-4-12(5-7-13)16-14-9-11-19-15(14)8-10-18-16;/h4,6-11H,1-3H3;/q-1;. The van der Waals surface area contributed by atoms with Crippen molar-refractivity contribution in [2.45, 2.75) is 26.2 Å². The molecule has 0 saturated carbocycles. The molecular formula is C17H16IrNS-. The van der Waals surface area contributed by atoms with E-state index in [1.54, 1.807) is 11.3 Å². The Morgan fingerprint density at radius 3 is 2.55 bits per heavy atom. The van der Waals surface area contributed by atoms with Gasteiger partial charge in [0, 0.05) is 31.0 Å². The van der Waals surface area contributed by atoms with E-state index in [-0.39, 0.29) is 25.5 Å². The Morgan fingerprint density at radius 2 is 1.90 bits per heavy atom. The Bertz CT molecular complexity index is 708. The summed E-state index contributed by atoms with van der Waals surface area (Å²) in [6, 6.07) is 14.0.